The third-order valence-corrected chi connectivity index (χ3v) is 7.16. The van der Waals surface area contributed by atoms with Crippen LogP contribution in [0.2, 0.25) is 0 Å². The van der Waals surface area contributed by atoms with Gasteiger partial charge in [0.15, 0.2) is 11.5 Å². The Morgan fingerprint density at radius 3 is 2.59 bits per heavy atom. The number of fused-ring (bicyclic) bond motifs is 3. The summed E-state index contributed by atoms with van der Waals surface area (Å²) in [5, 5.41) is 4.86. The van der Waals surface area contributed by atoms with E-state index < -0.39 is 0 Å². The SMILES string of the molecule is COc1ccc(CCNc2nc(Cc3ccccc3)nc3sc4c(c23)CCC4)cc1OC. The molecule has 0 radical (unpaired) electrons. The average molecular weight is 446 g/mol. The van der Waals surface area contributed by atoms with Gasteiger partial charge in [-0.3, -0.25) is 0 Å². The molecule has 1 aliphatic rings. The molecule has 2 aromatic heterocycles. The summed E-state index contributed by atoms with van der Waals surface area (Å²) in [6, 6.07) is 16.5. The minimum Gasteiger partial charge on any atom is -0.493 e. The minimum absolute atomic E-state index is 0.740. The molecule has 0 saturated carbocycles. The fourth-order valence-electron chi connectivity index (χ4n) is 4.39. The lowest BCUT2D eigenvalue weighted by Crippen LogP contribution is -2.09. The Kier molecular flexibility index (Phi) is 5.95. The number of thiophene rings is 1. The third kappa shape index (κ3) is 4.15. The third-order valence-electron chi connectivity index (χ3n) is 5.97. The van der Waals surface area contributed by atoms with Crippen molar-refractivity contribution >= 4 is 27.4 Å². The molecule has 2 heterocycles. The van der Waals surface area contributed by atoms with Gasteiger partial charge in [0.05, 0.1) is 19.6 Å². The van der Waals surface area contributed by atoms with Crippen LogP contribution in [0.25, 0.3) is 10.2 Å². The molecule has 5 nitrogen and oxygen atoms in total. The van der Waals surface area contributed by atoms with Crippen molar-refractivity contribution in [3.63, 3.8) is 0 Å². The molecule has 0 fully saturated rings. The molecule has 1 N–H and O–H groups in total. The predicted molar refractivity (Wildman–Crippen MR) is 130 cm³/mol. The second kappa shape index (κ2) is 9.17. The number of benzene rings is 2. The summed E-state index contributed by atoms with van der Waals surface area (Å²) in [6.45, 7) is 0.789. The molecule has 0 saturated heterocycles. The van der Waals surface area contributed by atoms with Gasteiger partial charge in [0.2, 0.25) is 0 Å². The lowest BCUT2D eigenvalue weighted by molar-refractivity contribution is 0.354. The summed E-state index contributed by atoms with van der Waals surface area (Å²) in [7, 11) is 3.33. The van der Waals surface area contributed by atoms with E-state index in [9.17, 15) is 0 Å². The van der Waals surface area contributed by atoms with E-state index in [2.05, 4.69) is 35.6 Å². The van der Waals surface area contributed by atoms with E-state index in [4.69, 9.17) is 19.4 Å². The highest BCUT2D eigenvalue weighted by Gasteiger charge is 2.22. The van der Waals surface area contributed by atoms with E-state index in [1.54, 1.807) is 14.2 Å². The molecule has 32 heavy (non-hydrogen) atoms. The molecule has 0 spiro atoms. The van der Waals surface area contributed by atoms with E-state index >= 15 is 0 Å². The quantitative estimate of drug-likeness (QED) is 0.391. The number of rotatable bonds is 8. The van der Waals surface area contributed by atoms with Gasteiger partial charge in [-0.1, -0.05) is 36.4 Å². The number of aryl methyl sites for hydroxylation is 2. The maximum absolute atomic E-state index is 5.45. The molecule has 6 heteroatoms. The van der Waals surface area contributed by atoms with E-state index in [0.29, 0.717) is 0 Å². The first kappa shape index (κ1) is 20.8. The summed E-state index contributed by atoms with van der Waals surface area (Å²) in [6.07, 6.45) is 5.13. The monoisotopic (exact) mass is 445 g/mol. The maximum Gasteiger partial charge on any atom is 0.160 e. The van der Waals surface area contributed by atoms with Crippen LogP contribution in [0.4, 0.5) is 5.82 Å². The van der Waals surface area contributed by atoms with Crippen molar-refractivity contribution < 1.29 is 9.47 Å². The van der Waals surface area contributed by atoms with Crippen molar-refractivity contribution in [1.29, 1.82) is 0 Å². The lowest BCUT2D eigenvalue weighted by Gasteiger charge is -2.12. The van der Waals surface area contributed by atoms with Crippen LogP contribution in [0, 0.1) is 0 Å². The van der Waals surface area contributed by atoms with E-state index in [-0.39, 0.29) is 0 Å². The van der Waals surface area contributed by atoms with Crippen molar-refractivity contribution in [2.24, 2.45) is 0 Å². The number of aromatic nitrogens is 2. The predicted octanol–water partition coefficient (Wildman–Crippen LogP) is 5.44. The van der Waals surface area contributed by atoms with Gasteiger partial charge in [-0.15, -0.1) is 11.3 Å². The molecule has 0 aliphatic heterocycles. The van der Waals surface area contributed by atoms with Crippen LogP contribution in [0.15, 0.2) is 48.5 Å². The fraction of sp³-hybridized carbons (Fsp3) is 0.308. The zero-order valence-corrected chi connectivity index (χ0v) is 19.3. The number of ether oxygens (including phenoxy) is 2. The van der Waals surface area contributed by atoms with Gasteiger partial charge in [-0.25, -0.2) is 9.97 Å². The largest absolute Gasteiger partial charge is 0.493 e. The van der Waals surface area contributed by atoms with Gasteiger partial charge in [0.25, 0.3) is 0 Å². The van der Waals surface area contributed by atoms with Crippen molar-refractivity contribution in [2.45, 2.75) is 32.1 Å². The van der Waals surface area contributed by atoms with Gasteiger partial charge in [0.1, 0.15) is 16.5 Å². The van der Waals surface area contributed by atoms with Gasteiger partial charge >= 0.3 is 0 Å². The van der Waals surface area contributed by atoms with Crippen molar-refractivity contribution in [2.75, 3.05) is 26.1 Å². The highest BCUT2D eigenvalue weighted by molar-refractivity contribution is 7.19. The Bertz CT molecular complexity index is 1240. The summed E-state index contributed by atoms with van der Waals surface area (Å²) < 4.78 is 10.8. The Labute approximate surface area is 192 Å². The summed E-state index contributed by atoms with van der Waals surface area (Å²) in [5.41, 5.74) is 3.87. The minimum atomic E-state index is 0.740. The zero-order valence-electron chi connectivity index (χ0n) is 18.5. The first-order chi connectivity index (χ1) is 15.7. The van der Waals surface area contributed by atoms with Crippen molar-refractivity contribution in [1.82, 2.24) is 9.97 Å². The Morgan fingerprint density at radius 1 is 0.938 bits per heavy atom. The van der Waals surface area contributed by atoms with Gasteiger partial charge in [-0.05, 0) is 54.5 Å². The topological polar surface area (TPSA) is 56.3 Å². The first-order valence-corrected chi connectivity index (χ1v) is 11.9. The summed E-state index contributed by atoms with van der Waals surface area (Å²) >= 11 is 1.84. The van der Waals surface area contributed by atoms with Gasteiger partial charge in [-0.2, -0.15) is 0 Å². The lowest BCUT2D eigenvalue weighted by atomic mass is 10.1. The Balaban J connectivity index is 1.40. The number of nitrogens with zero attached hydrogens (tertiary/aromatic N) is 2. The Morgan fingerprint density at radius 2 is 1.78 bits per heavy atom. The van der Waals surface area contributed by atoms with Crippen LogP contribution in [-0.4, -0.2) is 30.7 Å². The highest BCUT2D eigenvalue weighted by Crippen LogP contribution is 2.39. The number of hydrogen-bond donors (Lipinski definition) is 1. The maximum atomic E-state index is 5.45. The van der Waals surface area contributed by atoms with Crippen LogP contribution in [0.1, 0.15) is 33.8 Å². The van der Waals surface area contributed by atoms with E-state index in [1.165, 1.54) is 33.4 Å². The Hall–Kier alpha value is -3.12. The average Bonchev–Trinajstić information content (AvgIpc) is 3.40. The van der Waals surface area contributed by atoms with Crippen LogP contribution in [-0.2, 0) is 25.7 Å². The number of hydrogen-bond acceptors (Lipinski definition) is 6. The molecule has 0 unspecified atom stereocenters. The number of nitrogens with one attached hydrogen (secondary N) is 1. The molecule has 1 aliphatic carbocycles. The van der Waals surface area contributed by atoms with Gasteiger partial charge < -0.3 is 14.8 Å². The zero-order chi connectivity index (χ0) is 21.9. The van der Waals surface area contributed by atoms with Crippen LogP contribution >= 0.6 is 11.3 Å². The van der Waals surface area contributed by atoms with Crippen LogP contribution < -0.4 is 14.8 Å². The molecule has 5 rings (SSSR count). The molecule has 2 aromatic carbocycles. The summed E-state index contributed by atoms with van der Waals surface area (Å²) in [4.78, 5) is 12.5. The van der Waals surface area contributed by atoms with Gasteiger partial charge in [0, 0.05) is 17.8 Å². The number of anilines is 1. The molecule has 4 aromatic rings. The molecule has 0 amide bonds. The van der Waals surface area contributed by atoms with Crippen molar-refractivity contribution in [3.8, 4) is 11.5 Å². The second-order valence-electron chi connectivity index (χ2n) is 8.05. The summed E-state index contributed by atoms with van der Waals surface area (Å²) in [5.74, 6) is 3.36. The fourth-order valence-corrected chi connectivity index (χ4v) is 5.67. The molecule has 164 valence electrons. The molecular weight excluding hydrogens is 418 g/mol. The first-order valence-electron chi connectivity index (χ1n) is 11.0. The van der Waals surface area contributed by atoms with Crippen LogP contribution in [0.5, 0.6) is 11.5 Å². The van der Waals surface area contributed by atoms with E-state index in [0.717, 1.165) is 60.2 Å². The second-order valence-corrected chi connectivity index (χ2v) is 9.14. The van der Waals surface area contributed by atoms with Crippen LogP contribution in [0.3, 0.4) is 0 Å². The number of methoxy groups -OCH3 is 2. The molecule has 0 bridgehead atoms. The normalized spacial score (nSPS) is 12.7. The smallest absolute Gasteiger partial charge is 0.160 e. The van der Waals surface area contributed by atoms with Crippen molar-refractivity contribution in [3.05, 3.63) is 75.9 Å². The molecular formula is C26H27N3O2S. The molecule has 0 atom stereocenters. The standard InChI is InChI=1S/C26H27N3O2S/c1-30-20-12-11-18(15-21(20)31-2)13-14-27-25-24-19-9-6-10-22(19)32-26(24)29-23(28-25)16-17-7-4-3-5-8-17/h3-5,7-8,11-12,15H,6,9-10,13-14,16H2,1-2H3,(H,27,28,29). The van der Waals surface area contributed by atoms with E-state index in [1.807, 2.05) is 29.5 Å². The highest BCUT2D eigenvalue weighted by atomic mass is 32.1.